The number of piperidine rings is 1. The predicted octanol–water partition coefficient (Wildman–Crippen LogP) is 1.71. The second-order valence-electron chi connectivity index (χ2n) is 5.09. The lowest BCUT2D eigenvalue weighted by molar-refractivity contribution is 0.119. The molecule has 1 aromatic carbocycles. The van der Waals surface area contributed by atoms with Gasteiger partial charge in [0.1, 0.15) is 6.10 Å². The second kappa shape index (κ2) is 6.41. The molecule has 2 heterocycles. The number of nitrogens with zero attached hydrogens (tertiary/aromatic N) is 3. The topological polar surface area (TPSA) is 72.4 Å². The molecular formula is C15H17N3O3S. The van der Waals surface area contributed by atoms with Crippen molar-refractivity contribution in [3.63, 3.8) is 0 Å². The third kappa shape index (κ3) is 3.26. The Morgan fingerprint density at radius 3 is 2.55 bits per heavy atom. The second-order valence-corrected chi connectivity index (χ2v) is 7.03. The number of rotatable bonds is 4. The number of benzene rings is 1. The molecule has 6 nitrogen and oxygen atoms in total. The van der Waals surface area contributed by atoms with Crippen molar-refractivity contribution in [2.45, 2.75) is 23.8 Å². The Morgan fingerprint density at radius 1 is 1.09 bits per heavy atom. The molecular weight excluding hydrogens is 302 g/mol. The first kappa shape index (κ1) is 14.9. The van der Waals surface area contributed by atoms with Crippen molar-refractivity contribution in [1.82, 2.24) is 14.3 Å². The molecule has 1 aliphatic rings. The van der Waals surface area contributed by atoms with E-state index in [-0.39, 0.29) is 12.1 Å². The van der Waals surface area contributed by atoms with Crippen LogP contribution >= 0.6 is 0 Å². The molecule has 0 aliphatic carbocycles. The van der Waals surface area contributed by atoms with E-state index in [2.05, 4.69) is 9.97 Å². The van der Waals surface area contributed by atoms with Crippen molar-refractivity contribution in [3.05, 3.63) is 48.8 Å². The van der Waals surface area contributed by atoms with Gasteiger partial charge in [-0.3, -0.25) is 0 Å². The van der Waals surface area contributed by atoms with Crippen LogP contribution in [-0.2, 0) is 10.0 Å². The molecule has 0 spiro atoms. The number of sulfonamides is 1. The molecule has 0 N–H and O–H groups in total. The minimum absolute atomic E-state index is 0.227. The summed E-state index contributed by atoms with van der Waals surface area (Å²) in [6, 6.07) is 10.5. The summed E-state index contributed by atoms with van der Waals surface area (Å²) in [6.45, 7) is 0.822. The fraction of sp³-hybridized carbons (Fsp3) is 0.333. The van der Waals surface area contributed by atoms with Crippen LogP contribution in [0.3, 0.4) is 0 Å². The normalized spacial score (nSPS) is 19.7. The van der Waals surface area contributed by atoms with E-state index in [0.29, 0.717) is 18.0 Å². The molecule has 0 saturated carbocycles. The zero-order valence-corrected chi connectivity index (χ0v) is 12.8. The molecule has 2 aromatic rings. The van der Waals surface area contributed by atoms with Gasteiger partial charge >= 0.3 is 6.01 Å². The van der Waals surface area contributed by atoms with Crippen molar-refractivity contribution in [2.24, 2.45) is 0 Å². The molecule has 1 saturated heterocycles. The molecule has 7 heteroatoms. The van der Waals surface area contributed by atoms with Crippen LogP contribution in [0.1, 0.15) is 12.8 Å². The van der Waals surface area contributed by atoms with Crippen LogP contribution < -0.4 is 4.74 Å². The van der Waals surface area contributed by atoms with Crippen LogP contribution in [0.4, 0.5) is 0 Å². The Bertz CT molecular complexity index is 707. The highest BCUT2D eigenvalue weighted by molar-refractivity contribution is 7.89. The molecule has 3 rings (SSSR count). The lowest BCUT2D eigenvalue weighted by Gasteiger charge is -2.31. The highest BCUT2D eigenvalue weighted by Gasteiger charge is 2.31. The van der Waals surface area contributed by atoms with Crippen LogP contribution in [0, 0.1) is 0 Å². The van der Waals surface area contributed by atoms with Gasteiger partial charge in [0.05, 0.1) is 11.4 Å². The highest BCUT2D eigenvalue weighted by atomic mass is 32.2. The predicted molar refractivity (Wildman–Crippen MR) is 80.9 cm³/mol. The summed E-state index contributed by atoms with van der Waals surface area (Å²) in [5.41, 5.74) is 0. The van der Waals surface area contributed by atoms with Crippen molar-refractivity contribution in [2.75, 3.05) is 13.1 Å². The van der Waals surface area contributed by atoms with E-state index < -0.39 is 10.0 Å². The van der Waals surface area contributed by atoms with Gasteiger partial charge < -0.3 is 4.74 Å². The average Bonchev–Trinajstić information content (AvgIpc) is 2.57. The third-order valence-corrected chi connectivity index (χ3v) is 5.42. The maximum absolute atomic E-state index is 12.6. The summed E-state index contributed by atoms with van der Waals surface area (Å²) >= 11 is 0. The van der Waals surface area contributed by atoms with E-state index in [0.717, 1.165) is 12.8 Å². The SMILES string of the molecule is O=S(=O)(c1ccccc1)N1CCCC(Oc2ncccn2)C1. The number of hydrogen-bond donors (Lipinski definition) is 0. The average molecular weight is 319 g/mol. The van der Waals surface area contributed by atoms with E-state index in [1.807, 2.05) is 0 Å². The van der Waals surface area contributed by atoms with Gasteiger partial charge in [-0.1, -0.05) is 18.2 Å². The van der Waals surface area contributed by atoms with Crippen LogP contribution in [-0.4, -0.2) is 41.9 Å². The summed E-state index contributed by atoms with van der Waals surface area (Å²) in [6.07, 6.45) is 4.52. The first-order valence-electron chi connectivity index (χ1n) is 7.15. The van der Waals surface area contributed by atoms with Gasteiger partial charge in [0.15, 0.2) is 0 Å². The summed E-state index contributed by atoms with van der Waals surface area (Å²) < 4.78 is 32.4. The largest absolute Gasteiger partial charge is 0.459 e. The Labute approximate surface area is 129 Å². The van der Waals surface area contributed by atoms with E-state index in [1.165, 1.54) is 4.31 Å². The summed E-state index contributed by atoms with van der Waals surface area (Å²) in [5.74, 6) is 0. The van der Waals surface area contributed by atoms with Crippen LogP contribution in [0.25, 0.3) is 0 Å². The first-order chi connectivity index (χ1) is 10.7. The van der Waals surface area contributed by atoms with Gasteiger partial charge in [-0.25, -0.2) is 18.4 Å². The standard InChI is InChI=1S/C15H17N3O3S/c19-22(20,14-7-2-1-3-8-14)18-11-4-6-13(12-18)21-15-16-9-5-10-17-15/h1-3,5,7-10,13H,4,6,11-12H2. The zero-order valence-electron chi connectivity index (χ0n) is 12.0. The zero-order chi connectivity index (χ0) is 15.4. The van der Waals surface area contributed by atoms with Crippen LogP contribution in [0.2, 0.25) is 0 Å². The minimum Gasteiger partial charge on any atom is -0.459 e. The fourth-order valence-electron chi connectivity index (χ4n) is 2.46. The van der Waals surface area contributed by atoms with Crippen molar-refractivity contribution in [3.8, 4) is 6.01 Å². The molecule has 0 bridgehead atoms. The van der Waals surface area contributed by atoms with Gasteiger partial charge in [0, 0.05) is 18.9 Å². The summed E-state index contributed by atoms with van der Waals surface area (Å²) in [5, 5.41) is 0. The third-order valence-electron chi connectivity index (χ3n) is 3.54. The molecule has 0 radical (unpaired) electrons. The lowest BCUT2D eigenvalue weighted by atomic mass is 10.1. The van der Waals surface area contributed by atoms with Crippen molar-refractivity contribution < 1.29 is 13.2 Å². The Balaban J connectivity index is 1.73. The van der Waals surface area contributed by atoms with Gasteiger partial charge in [-0.2, -0.15) is 4.31 Å². The van der Waals surface area contributed by atoms with Gasteiger partial charge in [-0.15, -0.1) is 0 Å². The van der Waals surface area contributed by atoms with Gasteiger partial charge in [0.25, 0.3) is 0 Å². The molecule has 0 amide bonds. The van der Waals surface area contributed by atoms with Crippen molar-refractivity contribution in [1.29, 1.82) is 0 Å². The van der Waals surface area contributed by atoms with Crippen LogP contribution in [0.15, 0.2) is 53.7 Å². The first-order valence-corrected chi connectivity index (χ1v) is 8.59. The van der Waals surface area contributed by atoms with Gasteiger partial charge in [0.2, 0.25) is 10.0 Å². The molecule has 22 heavy (non-hydrogen) atoms. The highest BCUT2D eigenvalue weighted by Crippen LogP contribution is 2.22. The smallest absolute Gasteiger partial charge is 0.316 e. The molecule has 1 aromatic heterocycles. The summed E-state index contributed by atoms with van der Waals surface area (Å²) in [7, 11) is -3.47. The van der Waals surface area contributed by atoms with E-state index >= 15 is 0 Å². The quantitative estimate of drug-likeness (QED) is 0.858. The maximum Gasteiger partial charge on any atom is 0.316 e. The van der Waals surface area contributed by atoms with Gasteiger partial charge in [-0.05, 0) is 31.0 Å². The summed E-state index contributed by atoms with van der Waals surface area (Å²) in [4.78, 5) is 8.35. The molecule has 1 unspecified atom stereocenters. The van der Waals surface area contributed by atoms with E-state index in [9.17, 15) is 8.42 Å². The number of aromatic nitrogens is 2. The molecule has 1 fully saturated rings. The Morgan fingerprint density at radius 2 is 1.82 bits per heavy atom. The molecule has 1 atom stereocenters. The Kier molecular flexibility index (Phi) is 4.35. The van der Waals surface area contributed by atoms with Crippen molar-refractivity contribution >= 4 is 10.0 Å². The Hall–Kier alpha value is -1.99. The molecule has 116 valence electrons. The lowest BCUT2D eigenvalue weighted by Crippen LogP contribution is -2.44. The van der Waals surface area contributed by atoms with E-state index in [4.69, 9.17) is 4.74 Å². The molecule has 1 aliphatic heterocycles. The van der Waals surface area contributed by atoms with E-state index in [1.54, 1.807) is 48.8 Å². The maximum atomic E-state index is 12.6. The number of ether oxygens (including phenoxy) is 1. The number of hydrogen-bond acceptors (Lipinski definition) is 5. The minimum atomic E-state index is -3.47. The van der Waals surface area contributed by atoms with Crippen LogP contribution in [0.5, 0.6) is 6.01 Å². The monoisotopic (exact) mass is 319 g/mol. The fourth-order valence-corrected chi connectivity index (χ4v) is 3.99.